The number of halogens is 3. The first-order valence-corrected chi connectivity index (χ1v) is 7.90. The summed E-state index contributed by atoms with van der Waals surface area (Å²) in [7, 11) is 0. The van der Waals surface area contributed by atoms with Crippen LogP contribution in [0.3, 0.4) is 0 Å². The molecule has 2 amide bonds. The summed E-state index contributed by atoms with van der Waals surface area (Å²) in [4.78, 5) is 23.5. The third-order valence-electron chi connectivity index (χ3n) is 2.89. The number of hydrazone groups is 1. The molecule has 0 radical (unpaired) electrons. The monoisotopic (exact) mass is 383 g/mol. The number of benzene rings is 2. The normalized spacial score (nSPS) is 10.6. The van der Waals surface area contributed by atoms with E-state index in [9.17, 15) is 9.59 Å². The summed E-state index contributed by atoms with van der Waals surface area (Å²) < 4.78 is 0. The number of carbonyl (C=O) groups is 2. The maximum atomic E-state index is 11.8. The molecule has 2 rings (SSSR count). The van der Waals surface area contributed by atoms with E-state index in [0.29, 0.717) is 26.2 Å². The van der Waals surface area contributed by atoms with Crippen molar-refractivity contribution >= 4 is 52.8 Å². The summed E-state index contributed by atoms with van der Waals surface area (Å²) in [6.07, 6.45) is 1.37. The Bertz CT molecular complexity index is 777. The molecule has 0 saturated carbocycles. The molecule has 2 aromatic rings. The highest BCUT2D eigenvalue weighted by atomic mass is 35.5. The first kappa shape index (κ1) is 18.3. The van der Waals surface area contributed by atoms with Crippen LogP contribution in [-0.2, 0) is 4.79 Å². The predicted octanol–water partition coefficient (Wildman–Crippen LogP) is 3.53. The van der Waals surface area contributed by atoms with Gasteiger partial charge in [0.25, 0.3) is 11.8 Å². The highest BCUT2D eigenvalue weighted by Gasteiger charge is 2.07. The van der Waals surface area contributed by atoms with Gasteiger partial charge in [-0.3, -0.25) is 9.59 Å². The van der Waals surface area contributed by atoms with Gasteiger partial charge in [-0.1, -0.05) is 46.9 Å². The van der Waals surface area contributed by atoms with Crippen LogP contribution in [0, 0.1) is 0 Å². The number of hydrogen-bond donors (Lipinski definition) is 2. The predicted molar refractivity (Wildman–Crippen MR) is 96.0 cm³/mol. The van der Waals surface area contributed by atoms with Gasteiger partial charge in [0.05, 0.1) is 22.8 Å². The second-order valence-corrected chi connectivity index (χ2v) is 5.85. The van der Waals surface area contributed by atoms with Crippen molar-refractivity contribution in [3.05, 3.63) is 68.7 Å². The first-order chi connectivity index (χ1) is 11.5. The number of nitrogens with one attached hydrogen (secondary N) is 2. The number of nitrogens with zero attached hydrogens (tertiary/aromatic N) is 1. The zero-order chi connectivity index (χ0) is 17.5. The van der Waals surface area contributed by atoms with Crippen molar-refractivity contribution in [2.45, 2.75) is 0 Å². The van der Waals surface area contributed by atoms with E-state index in [1.54, 1.807) is 42.5 Å². The lowest BCUT2D eigenvalue weighted by Gasteiger charge is -2.04. The van der Waals surface area contributed by atoms with Crippen LogP contribution < -0.4 is 10.7 Å². The summed E-state index contributed by atoms with van der Waals surface area (Å²) in [6, 6.07) is 11.4. The molecule has 0 bridgehead atoms. The first-order valence-electron chi connectivity index (χ1n) is 6.77. The number of carbonyl (C=O) groups excluding carboxylic acids is 2. The fourth-order valence-corrected chi connectivity index (χ4v) is 2.18. The van der Waals surface area contributed by atoms with E-state index in [-0.39, 0.29) is 12.5 Å². The van der Waals surface area contributed by atoms with Crippen molar-refractivity contribution < 1.29 is 9.59 Å². The molecule has 0 fully saturated rings. The van der Waals surface area contributed by atoms with Crippen LogP contribution in [0.1, 0.15) is 15.9 Å². The molecule has 24 heavy (non-hydrogen) atoms. The van der Waals surface area contributed by atoms with Crippen molar-refractivity contribution in [1.29, 1.82) is 0 Å². The average Bonchev–Trinajstić information content (AvgIpc) is 2.57. The van der Waals surface area contributed by atoms with Crippen molar-refractivity contribution in [2.75, 3.05) is 6.54 Å². The van der Waals surface area contributed by atoms with Crippen molar-refractivity contribution in [3.63, 3.8) is 0 Å². The molecule has 2 N–H and O–H groups in total. The number of amides is 2. The van der Waals surface area contributed by atoms with Gasteiger partial charge in [-0.15, -0.1) is 0 Å². The molecule has 2 aromatic carbocycles. The summed E-state index contributed by atoms with van der Waals surface area (Å²) in [5, 5.41) is 7.50. The van der Waals surface area contributed by atoms with Gasteiger partial charge >= 0.3 is 0 Å². The maximum Gasteiger partial charge on any atom is 0.259 e. The van der Waals surface area contributed by atoms with Crippen LogP contribution in [0.5, 0.6) is 0 Å². The lowest BCUT2D eigenvalue weighted by atomic mass is 10.2. The zero-order valence-corrected chi connectivity index (χ0v) is 14.5. The van der Waals surface area contributed by atoms with Crippen molar-refractivity contribution in [3.8, 4) is 0 Å². The summed E-state index contributed by atoms with van der Waals surface area (Å²) in [5.74, 6) is -0.865. The minimum Gasteiger partial charge on any atom is -0.343 e. The molecule has 0 spiro atoms. The third-order valence-corrected chi connectivity index (χ3v) is 3.98. The summed E-state index contributed by atoms with van der Waals surface area (Å²) in [6.45, 7) is -0.220. The molecule has 0 aliphatic rings. The average molecular weight is 385 g/mol. The van der Waals surface area contributed by atoms with Crippen molar-refractivity contribution in [2.24, 2.45) is 5.10 Å². The highest BCUT2D eigenvalue weighted by molar-refractivity contribution is 6.43. The molecule has 5 nitrogen and oxygen atoms in total. The van der Waals surface area contributed by atoms with E-state index in [0.717, 1.165) is 0 Å². The van der Waals surface area contributed by atoms with Gasteiger partial charge in [0.1, 0.15) is 0 Å². The molecular formula is C16H12Cl3N3O2. The second-order valence-electron chi connectivity index (χ2n) is 4.63. The molecule has 0 aliphatic carbocycles. The standard InChI is InChI=1S/C16H12Cl3N3O2/c17-12-6-4-10(5-7-12)16(24)20-9-14(23)22-21-8-11-2-1-3-13(18)15(11)19/h1-8H,9H2,(H,20,24)(H,22,23)/b21-8+. The Kier molecular flexibility index (Phi) is 6.61. The van der Waals surface area contributed by atoms with Crippen LogP contribution in [0.25, 0.3) is 0 Å². The molecule has 0 atom stereocenters. The van der Waals surface area contributed by atoms with Crippen LogP contribution in [0.15, 0.2) is 47.6 Å². The molecule has 0 heterocycles. The van der Waals surface area contributed by atoms with Gasteiger partial charge < -0.3 is 5.32 Å². The summed E-state index contributed by atoms with van der Waals surface area (Å²) >= 11 is 17.6. The minimum atomic E-state index is -0.480. The minimum absolute atomic E-state index is 0.220. The van der Waals surface area contributed by atoms with E-state index in [1.807, 2.05) is 0 Å². The molecule has 8 heteroatoms. The Morgan fingerprint density at radius 2 is 1.75 bits per heavy atom. The number of hydrogen-bond acceptors (Lipinski definition) is 3. The van der Waals surface area contributed by atoms with Gasteiger partial charge in [-0.05, 0) is 30.3 Å². The van der Waals surface area contributed by atoms with Gasteiger partial charge in [-0.25, -0.2) is 5.43 Å². The third kappa shape index (κ3) is 5.23. The fourth-order valence-electron chi connectivity index (χ4n) is 1.70. The van der Waals surface area contributed by atoms with E-state index in [2.05, 4.69) is 15.8 Å². The zero-order valence-electron chi connectivity index (χ0n) is 12.2. The van der Waals surface area contributed by atoms with Crippen molar-refractivity contribution in [1.82, 2.24) is 10.7 Å². The highest BCUT2D eigenvalue weighted by Crippen LogP contribution is 2.24. The lowest BCUT2D eigenvalue weighted by molar-refractivity contribution is -0.120. The van der Waals surface area contributed by atoms with Crippen LogP contribution in [-0.4, -0.2) is 24.6 Å². The fraction of sp³-hybridized carbons (Fsp3) is 0.0625. The Morgan fingerprint density at radius 3 is 2.46 bits per heavy atom. The van der Waals surface area contributed by atoms with Gasteiger partial charge in [0.15, 0.2) is 0 Å². The molecule has 0 unspecified atom stereocenters. The Morgan fingerprint density at radius 1 is 1.04 bits per heavy atom. The quantitative estimate of drug-likeness (QED) is 0.611. The molecule has 0 aromatic heterocycles. The number of rotatable bonds is 5. The topological polar surface area (TPSA) is 70.6 Å². The molecule has 0 aliphatic heterocycles. The molecule has 0 saturated heterocycles. The van der Waals surface area contributed by atoms with Gasteiger partial charge in [0, 0.05) is 16.1 Å². The van der Waals surface area contributed by atoms with E-state index >= 15 is 0 Å². The van der Waals surface area contributed by atoms with E-state index < -0.39 is 5.91 Å². The Labute approximate surface area is 153 Å². The Balaban J connectivity index is 1.83. The lowest BCUT2D eigenvalue weighted by Crippen LogP contribution is -2.34. The molecule has 124 valence electrons. The van der Waals surface area contributed by atoms with Crippen LogP contribution in [0.4, 0.5) is 0 Å². The van der Waals surface area contributed by atoms with E-state index in [4.69, 9.17) is 34.8 Å². The maximum absolute atomic E-state index is 11.8. The molecular weight excluding hydrogens is 373 g/mol. The van der Waals surface area contributed by atoms with Gasteiger partial charge in [0.2, 0.25) is 0 Å². The largest absolute Gasteiger partial charge is 0.343 e. The van der Waals surface area contributed by atoms with E-state index in [1.165, 1.54) is 6.21 Å². The Hall–Kier alpha value is -2.08. The summed E-state index contributed by atoms with van der Waals surface area (Å²) in [5.41, 5.74) is 3.26. The smallest absolute Gasteiger partial charge is 0.259 e. The SMILES string of the molecule is O=C(CNC(=O)c1ccc(Cl)cc1)N/N=C/c1cccc(Cl)c1Cl. The van der Waals surface area contributed by atoms with Crippen LogP contribution >= 0.6 is 34.8 Å². The van der Waals surface area contributed by atoms with Gasteiger partial charge in [-0.2, -0.15) is 5.10 Å². The van der Waals surface area contributed by atoms with Crippen LogP contribution in [0.2, 0.25) is 15.1 Å². The second kappa shape index (κ2) is 8.68.